The SMILES string of the molecule is COC(=O)CC(c1ccc(OC)cc1OC)N1C(=O)C2C=CCCC2C1=O. The van der Waals surface area contributed by atoms with Crippen molar-refractivity contribution in [3.8, 4) is 11.5 Å². The third-order valence-corrected chi connectivity index (χ3v) is 5.20. The summed E-state index contributed by atoms with van der Waals surface area (Å²) in [5.41, 5.74) is 0.563. The summed E-state index contributed by atoms with van der Waals surface area (Å²) in [5.74, 6) is -0.863. The molecule has 7 heteroatoms. The Morgan fingerprint density at radius 3 is 2.59 bits per heavy atom. The maximum absolute atomic E-state index is 13.0. The van der Waals surface area contributed by atoms with Crippen molar-refractivity contribution in [2.75, 3.05) is 21.3 Å². The van der Waals surface area contributed by atoms with E-state index in [0.717, 1.165) is 6.42 Å². The number of amides is 2. The third-order valence-electron chi connectivity index (χ3n) is 5.20. The summed E-state index contributed by atoms with van der Waals surface area (Å²) in [7, 11) is 4.30. The van der Waals surface area contributed by atoms with Gasteiger partial charge in [0.1, 0.15) is 11.5 Å². The van der Waals surface area contributed by atoms with E-state index in [1.807, 2.05) is 6.08 Å². The van der Waals surface area contributed by atoms with Crippen molar-refractivity contribution in [1.82, 2.24) is 4.90 Å². The molecule has 3 unspecified atom stereocenters. The third kappa shape index (κ3) is 3.41. The van der Waals surface area contributed by atoms with E-state index < -0.39 is 17.9 Å². The van der Waals surface area contributed by atoms with Crippen molar-refractivity contribution >= 4 is 17.8 Å². The number of fused-ring (bicyclic) bond motifs is 1. The monoisotopic (exact) mass is 373 g/mol. The smallest absolute Gasteiger partial charge is 0.307 e. The topological polar surface area (TPSA) is 82.1 Å². The zero-order valence-corrected chi connectivity index (χ0v) is 15.6. The van der Waals surface area contributed by atoms with Crippen LogP contribution in [-0.4, -0.2) is 44.0 Å². The van der Waals surface area contributed by atoms with Crippen molar-refractivity contribution in [2.24, 2.45) is 11.8 Å². The van der Waals surface area contributed by atoms with Gasteiger partial charge in [-0.15, -0.1) is 0 Å². The molecule has 0 spiro atoms. The predicted octanol–water partition coefficient (Wildman–Crippen LogP) is 2.26. The number of ether oxygens (including phenoxy) is 3. The summed E-state index contributed by atoms with van der Waals surface area (Å²) in [6.45, 7) is 0. The summed E-state index contributed by atoms with van der Waals surface area (Å²) < 4.78 is 15.4. The van der Waals surface area contributed by atoms with Crippen molar-refractivity contribution < 1.29 is 28.6 Å². The van der Waals surface area contributed by atoms with Gasteiger partial charge in [-0.3, -0.25) is 19.3 Å². The number of nitrogens with zero attached hydrogens (tertiary/aromatic N) is 1. The summed E-state index contributed by atoms with van der Waals surface area (Å²) >= 11 is 0. The zero-order chi connectivity index (χ0) is 19.6. The van der Waals surface area contributed by atoms with Crippen LogP contribution in [0.15, 0.2) is 30.4 Å². The Labute approximate surface area is 157 Å². The lowest BCUT2D eigenvalue weighted by Gasteiger charge is -2.27. The number of imide groups is 1. The van der Waals surface area contributed by atoms with Crippen LogP contribution in [-0.2, 0) is 19.1 Å². The first-order valence-corrected chi connectivity index (χ1v) is 8.84. The van der Waals surface area contributed by atoms with E-state index in [1.54, 1.807) is 24.3 Å². The Kier molecular flexibility index (Phi) is 5.48. The lowest BCUT2D eigenvalue weighted by atomic mass is 9.86. The summed E-state index contributed by atoms with van der Waals surface area (Å²) in [5, 5.41) is 0. The Morgan fingerprint density at radius 1 is 1.19 bits per heavy atom. The van der Waals surface area contributed by atoms with E-state index in [9.17, 15) is 14.4 Å². The molecule has 2 amide bonds. The van der Waals surface area contributed by atoms with E-state index >= 15 is 0 Å². The van der Waals surface area contributed by atoms with Crippen LogP contribution in [0.3, 0.4) is 0 Å². The van der Waals surface area contributed by atoms with Gasteiger partial charge in [-0.05, 0) is 25.0 Å². The van der Waals surface area contributed by atoms with Gasteiger partial charge in [-0.1, -0.05) is 12.2 Å². The van der Waals surface area contributed by atoms with Crippen molar-refractivity contribution in [3.05, 3.63) is 35.9 Å². The molecule has 3 rings (SSSR count). The molecule has 1 saturated heterocycles. The van der Waals surface area contributed by atoms with Crippen LogP contribution in [0.1, 0.15) is 30.9 Å². The van der Waals surface area contributed by atoms with Gasteiger partial charge in [-0.2, -0.15) is 0 Å². The van der Waals surface area contributed by atoms with Crippen LogP contribution < -0.4 is 9.47 Å². The van der Waals surface area contributed by atoms with E-state index in [1.165, 1.54) is 26.2 Å². The van der Waals surface area contributed by atoms with Gasteiger partial charge in [0.25, 0.3) is 0 Å². The number of allylic oxidation sites excluding steroid dienone is 1. The predicted molar refractivity (Wildman–Crippen MR) is 96.1 cm³/mol. The summed E-state index contributed by atoms with van der Waals surface area (Å²) in [6, 6.07) is 4.29. The highest BCUT2D eigenvalue weighted by molar-refractivity contribution is 6.06. The number of rotatable bonds is 6. The molecule has 1 aromatic rings. The first-order valence-electron chi connectivity index (χ1n) is 8.84. The van der Waals surface area contributed by atoms with Crippen LogP contribution in [0.2, 0.25) is 0 Å². The fraction of sp³-hybridized carbons (Fsp3) is 0.450. The minimum absolute atomic E-state index is 0.139. The minimum atomic E-state index is -0.794. The van der Waals surface area contributed by atoms with Gasteiger partial charge in [0.2, 0.25) is 11.8 Å². The highest BCUT2D eigenvalue weighted by atomic mass is 16.5. The van der Waals surface area contributed by atoms with Crippen LogP contribution in [0.5, 0.6) is 11.5 Å². The molecule has 3 atom stereocenters. The van der Waals surface area contributed by atoms with E-state index in [-0.39, 0.29) is 24.2 Å². The maximum Gasteiger partial charge on any atom is 0.307 e. The second kappa shape index (κ2) is 7.82. The number of methoxy groups -OCH3 is 3. The van der Waals surface area contributed by atoms with Gasteiger partial charge >= 0.3 is 5.97 Å². The van der Waals surface area contributed by atoms with Crippen LogP contribution in [0.4, 0.5) is 0 Å². The van der Waals surface area contributed by atoms with Crippen molar-refractivity contribution in [2.45, 2.75) is 25.3 Å². The summed E-state index contributed by atoms with van der Waals surface area (Å²) in [6.07, 6.45) is 4.99. The largest absolute Gasteiger partial charge is 0.497 e. The van der Waals surface area contributed by atoms with E-state index in [0.29, 0.717) is 23.5 Å². The molecule has 0 N–H and O–H groups in total. The lowest BCUT2D eigenvalue weighted by Crippen LogP contribution is -2.36. The Bertz CT molecular complexity index is 787. The minimum Gasteiger partial charge on any atom is -0.497 e. The highest BCUT2D eigenvalue weighted by Gasteiger charge is 2.50. The molecule has 1 aliphatic heterocycles. The molecule has 1 fully saturated rings. The lowest BCUT2D eigenvalue weighted by molar-refractivity contribution is -0.147. The molecule has 1 aromatic carbocycles. The van der Waals surface area contributed by atoms with Gasteiger partial charge < -0.3 is 14.2 Å². The van der Waals surface area contributed by atoms with Gasteiger partial charge in [0, 0.05) is 11.6 Å². The molecule has 7 nitrogen and oxygen atoms in total. The normalized spacial score (nSPS) is 22.4. The van der Waals surface area contributed by atoms with E-state index in [2.05, 4.69) is 0 Å². The first-order chi connectivity index (χ1) is 13.0. The summed E-state index contributed by atoms with van der Waals surface area (Å²) in [4.78, 5) is 39.3. The number of carbonyl (C=O) groups is 3. The van der Waals surface area contributed by atoms with Gasteiger partial charge in [0.05, 0.1) is 45.6 Å². The molecule has 0 aromatic heterocycles. The molecule has 0 bridgehead atoms. The molecule has 1 aliphatic carbocycles. The number of carbonyl (C=O) groups excluding carboxylic acids is 3. The second-order valence-corrected chi connectivity index (χ2v) is 6.59. The van der Waals surface area contributed by atoms with Crippen molar-refractivity contribution in [3.63, 3.8) is 0 Å². The Hall–Kier alpha value is -2.83. The standard InChI is InChI=1S/C20H23NO6/c1-25-12-8-9-15(17(10-12)26-2)16(11-18(22)27-3)21-19(23)13-6-4-5-7-14(13)20(21)24/h4,6,8-10,13-14,16H,5,7,11H2,1-3H3. The molecule has 144 valence electrons. The van der Waals surface area contributed by atoms with Crippen LogP contribution in [0.25, 0.3) is 0 Å². The van der Waals surface area contributed by atoms with Crippen LogP contribution in [0, 0.1) is 11.8 Å². The maximum atomic E-state index is 13.0. The molecular weight excluding hydrogens is 350 g/mol. The number of benzene rings is 1. The van der Waals surface area contributed by atoms with E-state index in [4.69, 9.17) is 14.2 Å². The molecule has 1 heterocycles. The molecule has 0 radical (unpaired) electrons. The molecule has 2 aliphatic rings. The van der Waals surface area contributed by atoms with Gasteiger partial charge in [0.15, 0.2) is 0 Å². The average molecular weight is 373 g/mol. The zero-order valence-electron chi connectivity index (χ0n) is 15.6. The molecule has 27 heavy (non-hydrogen) atoms. The first kappa shape index (κ1) is 18.9. The van der Waals surface area contributed by atoms with Crippen molar-refractivity contribution in [1.29, 1.82) is 0 Å². The average Bonchev–Trinajstić information content (AvgIpc) is 2.96. The second-order valence-electron chi connectivity index (χ2n) is 6.59. The fourth-order valence-corrected chi connectivity index (χ4v) is 3.79. The number of hydrogen-bond donors (Lipinski definition) is 0. The quantitative estimate of drug-likeness (QED) is 0.432. The highest BCUT2D eigenvalue weighted by Crippen LogP contribution is 2.42. The fourth-order valence-electron chi connectivity index (χ4n) is 3.79. The Morgan fingerprint density at radius 2 is 1.96 bits per heavy atom. The number of hydrogen-bond acceptors (Lipinski definition) is 6. The number of esters is 1. The van der Waals surface area contributed by atoms with Crippen LogP contribution >= 0.6 is 0 Å². The van der Waals surface area contributed by atoms with Gasteiger partial charge in [-0.25, -0.2) is 0 Å². The number of likely N-dealkylation sites (tertiary alicyclic amines) is 1. The molecule has 0 saturated carbocycles. The molecular formula is C20H23NO6. The Balaban J connectivity index is 2.04.